The summed E-state index contributed by atoms with van der Waals surface area (Å²) in [6.07, 6.45) is 4.10. The van der Waals surface area contributed by atoms with Gasteiger partial charge in [0.2, 0.25) is 0 Å². The highest BCUT2D eigenvalue weighted by molar-refractivity contribution is 7.92. The van der Waals surface area contributed by atoms with E-state index in [2.05, 4.69) is 0 Å². The van der Waals surface area contributed by atoms with Crippen LogP contribution in [-0.4, -0.2) is 30.5 Å². The minimum absolute atomic E-state index is 0.249. The molecule has 1 aliphatic heterocycles. The molecule has 0 aromatic rings. The Hall–Kier alpha value is -0.840. The maximum absolute atomic E-state index is 11.3. The Labute approximate surface area is 77.2 Å². The van der Waals surface area contributed by atoms with Crippen LogP contribution in [0.2, 0.25) is 0 Å². The highest BCUT2D eigenvalue weighted by Crippen LogP contribution is 2.22. The van der Waals surface area contributed by atoms with Crippen LogP contribution in [0.15, 0.2) is 12.2 Å². The van der Waals surface area contributed by atoms with Crippen molar-refractivity contribution in [1.82, 2.24) is 0 Å². The van der Waals surface area contributed by atoms with Gasteiger partial charge in [-0.15, -0.1) is 0 Å². The zero-order valence-electron chi connectivity index (χ0n) is 7.14. The van der Waals surface area contributed by atoms with Gasteiger partial charge in [0.25, 0.3) is 0 Å². The maximum atomic E-state index is 11.3. The predicted octanol–water partition coefficient (Wildman–Crippen LogP) is 0.595. The van der Waals surface area contributed by atoms with Gasteiger partial charge in [-0.3, -0.25) is 0 Å². The van der Waals surface area contributed by atoms with Crippen LogP contribution in [0, 0.1) is 0 Å². The van der Waals surface area contributed by atoms with E-state index >= 15 is 0 Å². The first-order valence-electron chi connectivity index (χ1n) is 4.13. The number of allylic oxidation sites excluding steroid dienone is 1. The monoisotopic (exact) mass is 204 g/mol. The van der Waals surface area contributed by atoms with E-state index in [1.807, 2.05) is 0 Å². The predicted molar refractivity (Wildman–Crippen MR) is 48.2 cm³/mol. The fourth-order valence-corrected chi connectivity index (χ4v) is 3.28. The second kappa shape index (κ2) is 3.91. The molecular formula is C8H12O4S. The molecule has 5 heteroatoms. The molecule has 1 aliphatic rings. The molecular weight excluding hydrogens is 192 g/mol. The standard InChI is InChI=1S/C8H12O4S/c9-8(10)5-1-3-7-4-2-6-13(7,11)12/h1,5,7H,2-4,6H2,(H,9,10)/b5-1-. The third-order valence-corrected chi connectivity index (χ3v) is 4.42. The number of carboxylic acid groups (broad SMARTS) is 1. The Morgan fingerprint density at radius 2 is 2.23 bits per heavy atom. The van der Waals surface area contributed by atoms with Crippen LogP contribution in [0.25, 0.3) is 0 Å². The number of hydrogen-bond donors (Lipinski definition) is 1. The van der Waals surface area contributed by atoms with E-state index < -0.39 is 15.8 Å². The van der Waals surface area contributed by atoms with E-state index in [1.165, 1.54) is 6.08 Å². The molecule has 74 valence electrons. The Bertz CT molecular complexity index is 315. The fourth-order valence-electron chi connectivity index (χ4n) is 1.44. The first-order chi connectivity index (χ1) is 6.02. The van der Waals surface area contributed by atoms with Crippen molar-refractivity contribution in [1.29, 1.82) is 0 Å². The number of sulfone groups is 1. The van der Waals surface area contributed by atoms with Gasteiger partial charge in [-0.1, -0.05) is 6.08 Å². The Morgan fingerprint density at radius 3 is 2.69 bits per heavy atom. The Morgan fingerprint density at radius 1 is 1.54 bits per heavy atom. The number of hydrogen-bond acceptors (Lipinski definition) is 3. The van der Waals surface area contributed by atoms with Gasteiger partial charge in [0.15, 0.2) is 9.84 Å². The molecule has 0 amide bonds. The van der Waals surface area contributed by atoms with Gasteiger partial charge in [0.1, 0.15) is 0 Å². The van der Waals surface area contributed by atoms with Crippen LogP contribution >= 0.6 is 0 Å². The number of aliphatic carboxylic acids is 1. The van der Waals surface area contributed by atoms with Gasteiger partial charge >= 0.3 is 5.97 Å². The average Bonchev–Trinajstić information content (AvgIpc) is 2.30. The summed E-state index contributed by atoms with van der Waals surface area (Å²) in [6, 6.07) is 0. The summed E-state index contributed by atoms with van der Waals surface area (Å²) in [4.78, 5) is 10.1. The molecule has 1 rings (SSSR count). The minimum Gasteiger partial charge on any atom is -0.478 e. The summed E-state index contributed by atoms with van der Waals surface area (Å²) in [6.45, 7) is 0. The second-order valence-corrected chi connectivity index (χ2v) is 5.51. The molecule has 1 N–H and O–H groups in total. The Balaban J connectivity index is 2.51. The zero-order valence-corrected chi connectivity index (χ0v) is 7.96. The minimum atomic E-state index is -2.93. The SMILES string of the molecule is O=C(O)/C=C\CC1CCCS1(=O)=O. The first kappa shape index (κ1) is 10.2. The van der Waals surface area contributed by atoms with Crippen LogP contribution in [-0.2, 0) is 14.6 Å². The maximum Gasteiger partial charge on any atom is 0.327 e. The van der Waals surface area contributed by atoms with Crippen molar-refractivity contribution in [2.75, 3.05) is 5.75 Å². The number of rotatable bonds is 3. The van der Waals surface area contributed by atoms with Crippen LogP contribution in [0.4, 0.5) is 0 Å². The highest BCUT2D eigenvalue weighted by atomic mass is 32.2. The van der Waals surface area contributed by atoms with Crippen LogP contribution in [0.1, 0.15) is 19.3 Å². The van der Waals surface area contributed by atoms with Crippen molar-refractivity contribution in [3.63, 3.8) is 0 Å². The molecule has 1 atom stereocenters. The summed E-state index contributed by atoms with van der Waals surface area (Å²) in [7, 11) is -2.93. The summed E-state index contributed by atoms with van der Waals surface area (Å²) >= 11 is 0. The fraction of sp³-hybridized carbons (Fsp3) is 0.625. The topological polar surface area (TPSA) is 71.4 Å². The van der Waals surface area contributed by atoms with E-state index in [9.17, 15) is 13.2 Å². The summed E-state index contributed by atoms with van der Waals surface area (Å²) < 4.78 is 22.5. The molecule has 0 spiro atoms. The lowest BCUT2D eigenvalue weighted by Gasteiger charge is -2.03. The van der Waals surface area contributed by atoms with Crippen molar-refractivity contribution in [2.24, 2.45) is 0 Å². The van der Waals surface area contributed by atoms with Crippen molar-refractivity contribution < 1.29 is 18.3 Å². The van der Waals surface area contributed by atoms with Crippen molar-refractivity contribution in [3.05, 3.63) is 12.2 Å². The van der Waals surface area contributed by atoms with Gasteiger partial charge in [-0.25, -0.2) is 13.2 Å². The molecule has 1 unspecified atom stereocenters. The smallest absolute Gasteiger partial charge is 0.327 e. The van der Waals surface area contributed by atoms with Crippen molar-refractivity contribution >= 4 is 15.8 Å². The van der Waals surface area contributed by atoms with Gasteiger partial charge in [0, 0.05) is 6.08 Å². The third-order valence-electron chi connectivity index (χ3n) is 2.12. The van der Waals surface area contributed by atoms with E-state index in [-0.39, 0.29) is 11.0 Å². The lowest BCUT2D eigenvalue weighted by molar-refractivity contribution is -0.131. The van der Waals surface area contributed by atoms with Crippen molar-refractivity contribution in [3.8, 4) is 0 Å². The van der Waals surface area contributed by atoms with Crippen LogP contribution in [0.3, 0.4) is 0 Å². The van der Waals surface area contributed by atoms with Gasteiger partial charge in [-0.2, -0.15) is 0 Å². The molecule has 0 aliphatic carbocycles. The molecule has 1 heterocycles. The normalized spacial score (nSPS) is 26.6. The lowest BCUT2D eigenvalue weighted by atomic mass is 10.2. The van der Waals surface area contributed by atoms with E-state index in [4.69, 9.17) is 5.11 Å². The summed E-state index contributed by atoms with van der Waals surface area (Å²) in [5.74, 6) is -0.783. The van der Waals surface area contributed by atoms with Crippen LogP contribution < -0.4 is 0 Å². The Kier molecular flexibility index (Phi) is 3.08. The summed E-state index contributed by atoms with van der Waals surface area (Å²) in [5.41, 5.74) is 0. The van der Waals surface area contributed by atoms with E-state index in [1.54, 1.807) is 0 Å². The van der Waals surface area contributed by atoms with Crippen molar-refractivity contribution in [2.45, 2.75) is 24.5 Å². The molecule has 4 nitrogen and oxygen atoms in total. The largest absolute Gasteiger partial charge is 0.478 e. The third kappa shape index (κ3) is 2.84. The summed E-state index contributed by atoms with van der Waals surface area (Å²) in [5, 5.41) is 7.92. The average molecular weight is 204 g/mol. The quantitative estimate of drug-likeness (QED) is 0.683. The van der Waals surface area contributed by atoms with Gasteiger partial charge in [-0.05, 0) is 19.3 Å². The lowest BCUT2D eigenvalue weighted by Crippen LogP contribution is -2.14. The molecule has 0 saturated carbocycles. The first-order valence-corrected chi connectivity index (χ1v) is 5.85. The van der Waals surface area contributed by atoms with Gasteiger partial charge in [0.05, 0.1) is 11.0 Å². The van der Waals surface area contributed by atoms with Crippen LogP contribution in [0.5, 0.6) is 0 Å². The highest BCUT2D eigenvalue weighted by Gasteiger charge is 2.29. The van der Waals surface area contributed by atoms with Gasteiger partial charge < -0.3 is 5.11 Å². The van der Waals surface area contributed by atoms with E-state index in [0.717, 1.165) is 6.08 Å². The molecule has 0 radical (unpaired) electrons. The molecule has 0 aromatic heterocycles. The second-order valence-electron chi connectivity index (χ2n) is 3.11. The molecule has 13 heavy (non-hydrogen) atoms. The number of carboxylic acids is 1. The molecule has 1 fully saturated rings. The molecule has 1 saturated heterocycles. The zero-order chi connectivity index (χ0) is 9.90. The molecule has 0 bridgehead atoms. The molecule has 0 aromatic carbocycles. The van der Waals surface area contributed by atoms with E-state index in [0.29, 0.717) is 19.3 Å². The number of carbonyl (C=O) groups is 1.